The van der Waals surface area contributed by atoms with Crippen molar-refractivity contribution < 1.29 is 38.5 Å². The van der Waals surface area contributed by atoms with E-state index in [9.17, 15) is 24.3 Å². The molecule has 0 aliphatic carbocycles. The first-order valence-electron chi connectivity index (χ1n) is 17.1. The Hall–Kier alpha value is -5.50. The van der Waals surface area contributed by atoms with Gasteiger partial charge in [-0.3, -0.25) is 14.4 Å². The van der Waals surface area contributed by atoms with Gasteiger partial charge in [-0.25, -0.2) is 4.79 Å². The summed E-state index contributed by atoms with van der Waals surface area (Å²) in [7, 11) is 1.66. The molecule has 0 unspecified atom stereocenters. The highest BCUT2D eigenvalue weighted by Crippen LogP contribution is 2.35. The maximum Gasteiger partial charge on any atom is 0.321 e. The zero-order valence-corrected chi connectivity index (χ0v) is 29.1. The summed E-state index contributed by atoms with van der Waals surface area (Å²) in [5.74, 6) is 0.566. The third-order valence-electron chi connectivity index (χ3n) is 8.92. The minimum Gasteiger partial charge on any atom is -0.487 e. The zero-order valence-electron chi connectivity index (χ0n) is 29.1. The van der Waals surface area contributed by atoms with Crippen molar-refractivity contribution in [3.8, 4) is 17.2 Å². The molecule has 14 nitrogen and oxygen atoms in total. The molecule has 0 saturated heterocycles. The number of hydrogen-bond donors (Lipinski definition) is 5. The molecule has 6 N–H and O–H groups in total. The summed E-state index contributed by atoms with van der Waals surface area (Å²) in [6, 6.07) is 16.3. The van der Waals surface area contributed by atoms with Crippen molar-refractivity contribution in [3.63, 3.8) is 0 Å². The van der Waals surface area contributed by atoms with Gasteiger partial charge in [-0.05, 0) is 62.2 Å². The largest absolute Gasteiger partial charge is 0.487 e. The van der Waals surface area contributed by atoms with Crippen LogP contribution in [0.3, 0.4) is 0 Å². The highest BCUT2D eigenvalue weighted by molar-refractivity contribution is 6.00. The van der Waals surface area contributed by atoms with Crippen molar-refractivity contribution in [1.82, 2.24) is 9.80 Å². The first-order valence-corrected chi connectivity index (χ1v) is 17.1. The van der Waals surface area contributed by atoms with Gasteiger partial charge in [0.15, 0.2) is 11.5 Å². The van der Waals surface area contributed by atoms with Crippen molar-refractivity contribution in [3.05, 3.63) is 66.2 Å². The molecular weight excluding hydrogens is 656 g/mol. The van der Waals surface area contributed by atoms with E-state index in [0.717, 1.165) is 0 Å². The van der Waals surface area contributed by atoms with Crippen LogP contribution in [-0.4, -0.2) is 84.3 Å². The van der Waals surface area contributed by atoms with E-state index < -0.39 is 12.1 Å². The van der Waals surface area contributed by atoms with Gasteiger partial charge in [-0.2, -0.15) is 0 Å². The second-order valence-electron chi connectivity index (χ2n) is 13.0. The number of para-hydroxylation sites is 2. The van der Waals surface area contributed by atoms with Gasteiger partial charge in [0.2, 0.25) is 18.6 Å². The first-order chi connectivity index (χ1) is 24.5. The normalized spacial score (nSPS) is 16.9. The Balaban J connectivity index is 1.18. The third-order valence-corrected chi connectivity index (χ3v) is 8.92. The summed E-state index contributed by atoms with van der Waals surface area (Å²) in [6.07, 6.45) is 1.92. The molecule has 2 aliphatic rings. The number of likely N-dealkylation sites (N-methyl/N-ethyl adjacent to an activating group) is 1. The van der Waals surface area contributed by atoms with Crippen molar-refractivity contribution in [2.45, 2.75) is 58.1 Å². The second-order valence-corrected chi connectivity index (χ2v) is 13.0. The van der Waals surface area contributed by atoms with Gasteiger partial charge < -0.3 is 50.8 Å². The maximum absolute atomic E-state index is 13.8. The molecule has 51 heavy (non-hydrogen) atoms. The van der Waals surface area contributed by atoms with Gasteiger partial charge in [0, 0.05) is 49.8 Å². The van der Waals surface area contributed by atoms with Gasteiger partial charge in [-0.1, -0.05) is 25.5 Å². The van der Waals surface area contributed by atoms with Crippen LogP contribution in [0.1, 0.15) is 56.3 Å². The summed E-state index contributed by atoms with van der Waals surface area (Å²) in [5.41, 5.74) is 8.18. The summed E-state index contributed by atoms with van der Waals surface area (Å²) in [5, 5.41) is 18.5. The van der Waals surface area contributed by atoms with Crippen LogP contribution >= 0.6 is 0 Å². The van der Waals surface area contributed by atoms with Crippen LogP contribution in [0.15, 0.2) is 60.7 Å². The first kappa shape index (κ1) is 36.8. The number of benzene rings is 3. The maximum atomic E-state index is 13.8. The molecule has 3 aromatic rings. The van der Waals surface area contributed by atoms with E-state index in [1.165, 1.54) is 4.90 Å². The number of nitrogens with two attached hydrogens (primary N) is 1. The number of aliphatic hydroxyl groups excluding tert-OH is 1. The molecule has 3 aromatic carbocycles. The molecule has 0 radical (unpaired) electrons. The van der Waals surface area contributed by atoms with Crippen LogP contribution in [0.5, 0.6) is 17.2 Å². The number of fused-ring (bicyclic) bond motifs is 2. The fraction of sp³-hybridized carbons (Fsp3) is 0.405. The fourth-order valence-electron chi connectivity index (χ4n) is 5.86. The molecule has 272 valence electrons. The Kier molecular flexibility index (Phi) is 12.2. The molecule has 0 aromatic heterocycles. The number of amides is 5. The van der Waals surface area contributed by atoms with Crippen LogP contribution in [0.2, 0.25) is 0 Å². The van der Waals surface area contributed by atoms with Crippen molar-refractivity contribution in [1.29, 1.82) is 0 Å². The number of ether oxygens (including phenoxy) is 3. The lowest BCUT2D eigenvalue weighted by Gasteiger charge is -2.38. The Bertz CT molecular complexity index is 1730. The molecule has 2 heterocycles. The monoisotopic (exact) mass is 702 g/mol. The van der Waals surface area contributed by atoms with E-state index >= 15 is 0 Å². The SMILES string of the molecule is C[C@H](CO)N1C[C@H](C)[C@@H](CN(C)C(=O)Nc2ccc3c(c2)OCO3)Oc2ccc(NC(=O)CCCCCC(=O)Nc3ccccc3N)cc2C1=O. The highest BCUT2D eigenvalue weighted by Gasteiger charge is 2.34. The zero-order chi connectivity index (χ0) is 36.5. The van der Waals surface area contributed by atoms with Crippen LogP contribution < -0.4 is 35.9 Å². The molecule has 5 rings (SSSR count). The quantitative estimate of drug-likeness (QED) is 0.122. The number of hydrogen-bond acceptors (Lipinski definition) is 9. The van der Waals surface area contributed by atoms with Crippen LogP contribution in [0.25, 0.3) is 0 Å². The predicted octanol–water partition coefficient (Wildman–Crippen LogP) is 4.91. The van der Waals surface area contributed by atoms with Crippen LogP contribution in [0.4, 0.5) is 27.5 Å². The lowest BCUT2D eigenvalue weighted by molar-refractivity contribution is -0.116. The fourth-order valence-corrected chi connectivity index (χ4v) is 5.86. The second kappa shape index (κ2) is 16.9. The number of anilines is 4. The molecule has 0 bridgehead atoms. The van der Waals surface area contributed by atoms with Gasteiger partial charge in [0.1, 0.15) is 11.9 Å². The lowest BCUT2D eigenvalue weighted by Crippen LogP contribution is -2.50. The number of nitrogens with zero attached hydrogens (tertiary/aromatic N) is 2. The molecule has 0 saturated carbocycles. The smallest absolute Gasteiger partial charge is 0.321 e. The van der Waals surface area contributed by atoms with Crippen LogP contribution in [0, 0.1) is 5.92 Å². The van der Waals surface area contributed by atoms with Crippen molar-refractivity contribution in [2.75, 3.05) is 55.2 Å². The van der Waals surface area contributed by atoms with E-state index in [1.807, 2.05) is 6.92 Å². The Morgan fingerprint density at radius 2 is 1.59 bits per heavy atom. The van der Waals surface area contributed by atoms with Crippen molar-refractivity contribution >= 4 is 46.5 Å². The summed E-state index contributed by atoms with van der Waals surface area (Å²) < 4.78 is 17.2. The van der Waals surface area contributed by atoms with Gasteiger partial charge in [-0.15, -0.1) is 0 Å². The summed E-state index contributed by atoms with van der Waals surface area (Å²) in [6.45, 7) is 4.06. The number of nitrogens with one attached hydrogen (secondary N) is 3. The number of nitrogen functional groups attached to an aromatic ring is 1. The Morgan fingerprint density at radius 3 is 2.31 bits per heavy atom. The number of urea groups is 1. The number of carbonyl (C=O) groups is 4. The number of unbranched alkanes of at least 4 members (excludes halogenated alkanes) is 2. The number of aliphatic hydroxyl groups is 1. The average Bonchev–Trinajstić information content (AvgIpc) is 3.58. The predicted molar refractivity (Wildman–Crippen MR) is 193 cm³/mol. The molecule has 0 fully saturated rings. The average molecular weight is 703 g/mol. The Labute approximate surface area is 297 Å². The number of carbonyl (C=O) groups excluding carboxylic acids is 4. The van der Waals surface area contributed by atoms with Crippen molar-refractivity contribution in [2.24, 2.45) is 5.92 Å². The van der Waals surface area contributed by atoms with E-state index in [-0.39, 0.29) is 68.1 Å². The van der Waals surface area contributed by atoms with E-state index in [4.69, 9.17) is 19.9 Å². The summed E-state index contributed by atoms with van der Waals surface area (Å²) in [4.78, 5) is 55.2. The minimum absolute atomic E-state index is 0.128. The van der Waals surface area contributed by atoms with E-state index in [0.29, 0.717) is 65.7 Å². The van der Waals surface area contributed by atoms with Gasteiger partial charge >= 0.3 is 6.03 Å². The molecule has 0 spiro atoms. The highest BCUT2D eigenvalue weighted by atomic mass is 16.7. The molecule has 3 atom stereocenters. The van der Waals surface area contributed by atoms with Gasteiger partial charge in [0.25, 0.3) is 5.91 Å². The lowest BCUT2D eigenvalue weighted by atomic mass is 9.99. The standard InChI is InChI=1S/C37H46N6O8/c1-23-19-43(24(2)21-44)36(47)27-17-25(39-34(45)11-5-4-6-12-35(46)41-29-10-8-7-9-28(29)38)13-15-30(27)51-33(23)20-42(3)37(48)40-26-14-16-31-32(18-26)50-22-49-31/h7-10,13-18,23-24,33,44H,4-6,11-12,19-22,38H2,1-3H3,(H,39,45)(H,40,48)(H,41,46)/t23-,24+,33+/m0/s1. The molecular formula is C37H46N6O8. The number of rotatable bonds is 13. The molecule has 5 amide bonds. The van der Waals surface area contributed by atoms with Gasteiger partial charge in [0.05, 0.1) is 36.1 Å². The van der Waals surface area contributed by atoms with Crippen LogP contribution in [-0.2, 0) is 9.59 Å². The summed E-state index contributed by atoms with van der Waals surface area (Å²) >= 11 is 0. The van der Waals surface area contributed by atoms with E-state index in [2.05, 4.69) is 16.0 Å². The van der Waals surface area contributed by atoms with E-state index in [1.54, 1.807) is 79.5 Å². The topological polar surface area (TPSA) is 185 Å². The minimum atomic E-state index is -0.509. The third kappa shape index (κ3) is 9.60. The molecule has 2 aliphatic heterocycles. The molecule has 14 heteroatoms. The Morgan fingerprint density at radius 1 is 0.922 bits per heavy atom.